The lowest BCUT2D eigenvalue weighted by Gasteiger charge is -2.27. The van der Waals surface area contributed by atoms with Crippen molar-refractivity contribution in [2.75, 3.05) is 12.1 Å². The van der Waals surface area contributed by atoms with Gasteiger partial charge >= 0.3 is 0 Å². The molecule has 0 radical (unpaired) electrons. The average molecular weight is 381 g/mol. The Morgan fingerprint density at radius 2 is 1.71 bits per heavy atom. The van der Waals surface area contributed by atoms with Gasteiger partial charge in [-0.25, -0.2) is 0 Å². The second-order valence-corrected chi connectivity index (χ2v) is 7.14. The van der Waals surface area contributed by atoms with E-state index in [1.807, 2.05) is 24.3 Å². The second-order valence-electron chi connectivity index (χ2n) is 7.14. The van der Waals surface area contributed by atoms with Gasteiger partial charge in [-0.3, -0.25) is 14.6 Å². The third-order valence-electron chi connectivity index (χ3n) is 5.28. The summed E-state index contributed by atoms with van der Waals surface area (Å²) in [5, 5.41) is 5.90. The highest BCUT2D eigenvalue weighted by Crippen LogP contribution is 2.35. The number of ether oxygens (including phenoxy) is 2. The van der Waals surface area contributed by atoms with Crippen LogP contribution in [0.5, 0.6) is 11.5 Å². The van der Waals surface area contributed by atoms with Gasteiger partial charge in [-0.1, -0.05) is 6.07 Å². The molecule has 2 aliphatic rings. The Kier molecular flexibility index (Phi) is 5.41. The van der Waals surface area contributed by atoms with Crippen molar-refractivity contribution in [3.05, 3.63) is 48.3 Å². The minimum absolute atomic E-state index is 0.00814. The van der Waals surface area contributed by atoms with Gasteiger partial charge in [-0.05, 0) is 49.9 Å². The molecule has 2 N–H and O–H groups in total. The minimum Gasteiger partial charge on any atom is -0.454 e. The van der Waals surface area contributed by atoms with Gasteiger partial charge in [0.15, 0.2) is 11.5 Å². The largest absolute Gasteiger partial charge is 0.454 e. The van der Waals surface area contributed by atoms with E-state index in [1.54, 1.807) is 18.3 Å². The van der Waals surface area contributed by atoms with Crippen LogP contribution < -0.4 is 20.1 Å². The Morgan fingerprint density at radius 1 is 0.964 bits per heavy atom. The maximum absolute atomic E-state index is 12.6. The molecule has 0 bridgehead atoms. The topological polar surface area (TPSA) is 89.6 Å². The quantitative estimate of drug-likeness (QED) is 0.831. The van der Waals surface area contributed by atoms with Crippen molar-refractivity contribution in [1.29, 1.82) is 0 Å². The normalized spacial score (nSPS) is 20.4. The van der Waals surface area contributed by atoms with Crippen LogP contribution in [0.25, 0.3) is 0 Å². The molecule has 28 heavy (non-hydrogen) atoms. The lowest BCUT2D eigenvalue weighted by atomic mass is 9.81. The van der Waals surface area contributed by atoms with Crippen LogP contribution in [0.3, 0.4) is 0 Å². The lowest BCUT2D eigenvalue weighted by Crippen LogP contribution is -2.35. The van der Waals surface area contributed by atoms with Gasteiger partial charge in [0.25, 0.3) is 0 Å². The molecule has 1 fully saturated rings. The summed E-state index contributed by atoms with van der Waals surface area (Å²) in [6.07, 6.45) is 4.56. The fourth-order valence-electron chi connectivity index (χ4n) is 3.66. The van der Waals surface area contributed by atoms with Gasteiger partial charge < -0.3 is 20.1 Å². The Hall–Kier alpha value is -3.09. The van der Waals surface area contributed by atoms with Crippen LogP contribution in [0.4, 0.5) is 5.69 Å². The maximum atomic E-state index is 12.6. The number of carbonyl (C=O) groups excluding carboxylic acids is 2. The molecule has 1 aromatic heterocycles. The van der Waals surface area contributed by atoms with Crippen molar-refractivity contribution in [2.24, 2.45) is 11.8 Å². The van der Waals surface area contributed by atoms with E-state index in [2.05, 4.69) is 15.6 Å². The van der Waals surface area contributed by atoms with E-state index >= 15 is 0 Å². The molecule has 4 rings (SSSR count). The molecule has 7 heteroatoms. The summed E-state index contributed by atoms with van der Waals surface area (Å²) in [5.41, 5.74) is 1.54. The number of fused-ring (bicyclic) bond motifs is 1. The number of nitrogens with zero attached hydrogens (tertiary/aromatic N) is 1. The molecule has 2 amide bonds. The fourth-order valence-corrected chi connectivity index (χ4v) is 3.66. The predicted octanol–water partition coefficient (Wildman–Crippen LogP) is 2.87. The molecule has 146 valence electrons. The summed E-state index contributed by atoms with van der Waals surface area (Å²) in [6.45, 7) is 0.642. The van der Waals surface area contributed by atoms with Gasteiger partial charge in [0.1, 0.15) is 0 Å². The summed E-state index contributed by atoms with van der Waals surface area (Å²) in [7, 11) is 0. The standard InChI is InChI=1S/C21H23N3O4/c25-20(23-12-17-3-1-2-10-22-17)14-4-6-15(7-5-14)21(26)24-16-8-9-18-19(11-16)28-13-27-18/h1-3,8-11,14-15H,4-7,12-13H2,(H,23,25)(H,24,26). The fraction of sp³-hybridized carbons (Fsp3) is 0.381. The second kappa shape index (κ2) is 8.29. The number of benzene rings is 1. The van der Waals surface area contributed by atoms with Crippen LogP contribution in [0.2, 0.25) is 0 Å². The molecule has 1 aliphatic carbocycles. The van der Waals surface area contributed by atoms with Crippen LogP contribution in [-0.4, -0.2) is 23.6 Å². The molecule has 0 saturated heterocycles. The van der Waals surface area contributed by atoms with Crippen molar-refractivity contribution in [2.45, 2.75) is 32.2 Å². The molecule has 1 saturated carbocycles. The first-order chi connectivity index (χ1) is 13.7. The molecule has 2 heterocycles. The molecule has 7 nitrogen and oxygen atoms in total. The highest BCUT2D eigenvalue weighted by atomic mass is 16.7. The molecule has 0 atom stereocenters. The Morgan fingerprint density at radius 3 is 2.46 bits per heavy atom. The number of aromatic nitrogens is 1. The Bertz CT molecular complexity index is 848. The monoisotopic (exact) mass is 381 g/mol. The third-order valence-corrected chi connectivity index (χ3v) is 5.28. The zero-order valence-electron chi connectivity index (χ0n) is 15.5. The predicted molar refractivity (Wildman–Crippen MR) is 103 cm³/mol. The zero-order valence-corrected chi connectivity index (χ0v) is 15.5. The summed E-state index contributed by atoms with van der Waals surface area (Å²) in [4.78, 5) is 29.2. The molecule has 1 aliphatic heterocycles. The first-order valence-corrected chi connectivity index (χ1v) is 9.57. The zero-order chi connectivity index (χ0) is 19.3. The van der Waals surface area contributed by atoms with Gasteiger partial charge in [0.05, 0.1) is 12.2 Å². The summed E-state index contributed by atoms with van der Waals surface area (Å²) >= 11 is 0. The van der Waals surface area contributed by atoms with E-state index in [9.17, 15) is 9.59 Å². The van der Waals surface area contributed by atoms with E-state index < -0.39 is 0 Å². The highest BCUT2D eigenvalue weighted by molar-refractivity contribution is 5.93. The number of hydrogen-bond donors (Lipinski definition) is 2. The van der Waals surface area contributed by atoms with Crippen molar-refractivity contribution < 1.29 is 19.1 Å². The van der Waals surface area contributed by atoms with Gasteiger partial charge in [-0.15, -0.1) is 0 Å². The van der Waals surface area contributed by atoms with Crippen molar-refractivity contribution in [3.8, 4) is 11.5 Å². The molecular formula is C21H23N3O4. The number of rotatable bonds is 5. The summed E-state index contributed by atoms with van der Waals surface area (Å²) < 4.78 is 10.6. The summed E-state index contributed by atoms with van der Waals surface area (Å²) in [5.74, 6) is 1.25. The van der Waals surface area contributed by atoms with E-state index in [1.165, 1.54) is 0 Å². The van der Waals surface area contributed by atoms with Crippen LogP contribution in [-0.2, 0) is 16.1 Å². The van der Waals surface area contributed by atoms with Crippen molar-refractivity contribution in [1.82, 2.24) is 10.3 Å². The van der Waals surface area contributed by atoms with Gasteiger partial charge in [0.2, 0.25) is 18.6 Å². The van der Waals surface area contributed by atoms with Crippen molar-refractivity contribution >= 4 is 17.5 Å². The number of amides is 2. The van der Waals surface area contributed by atoms with Crippen molar-refractivity contribution in [3.63, 3.8) is 0 Å². The lowest BCUT2D eigenvalue weighted by molar-refractivity contribution is -0.128. The molecule has 0 unspecified atom stereocenters. The number of anilines is 1. The van der Waals surface area contributed by atoms with E-state index in [0.717, 1.165) is 5.69 Å². The third kappa shape index (κ3) is 4.24. The molecule has 1 aromatic carbocycles. The SMILES string of the molecule is O=C(NCc1ccccn1)C1CCC(C(=O)Nc2ccc3c(c2)OCO3)CC1. The molecule has 0 spiro atoms. The first kappa shape index (κ1) is 18.3. The maximum Gasteiger partial charge on any atom is 0.231 e. The number of pyridine rings is 1. The highest BCUT2D eigenvalue weighted by Gasteiger charge is 2.30. The van der Waals surface area contributed by atoms with E-state index in [4.69, 9.17) is 9.47 Å². The molecule has 2 aromatic rings. The Labute approximate surface area is 163 Å². The van der Waals surface area contributed by atoms with Crippen LogP contribution in [0.15, 0.2) is 42.6 Å². The number of nitrogens with one attached hydrogen (secondary N) is 2. The van der Waals surface area contributed by atoms with E-state index in [0.29, 0.717) is 49.4 Å². The first-order valence-electron chi connectivity index (χ1n) is 9.57. The number of hydrogen-bond acceptors (Lipinski definition) is 5. The summed E-state index contributed by atoms with van der Waals surface area (Å²) in [6, 6.07) is 11.0. The van der Waals surface area contributed by atoms with Crippen LogP contribution in [0.1, 0.15) is 31.4 Å². The van der Waals surface area contributed by atoms with Crippen LogP contribution in [0, 0.1) is 11.8 Å². The Balaban J connectivity index is 1.24. The van der Waals surface area contributed by atoms with E-state index in [-0.39, 0.29) is 30.4 Å². The van der Waals surface area contributed by atoms with Crippen LogP contribution >= 0.6 is 0 Å². The van der Waals surface area contributed by atoms with Gasteiger partial charge in [0, 0.05) is 29.8 Å². The smallest absolute Gasteiger partial charge is 0.231 e. The minimum atomic E-state index is -0.0785. The average Bonchev–Trinajstić information content (AvgIpc) is 3.21. The van der Waals surface area contributed by atoms with Gasteiger partial charge in [-0.2, -0.15) is 0 Å². The molecular weight excluding hydrogens is 358 g/mol. The number of carbonyl (C=O) groups is 2.